The summed E-state index contributed by atoms with van der Waals surface area (Å²) in [6.07, 6.45) is 0.463. The number of alkyl halides is 1. The Labute approximate surface area is 129 Å². The second kappa shape index (κ2) is 5.62. The standard InChI is InChI=1S/C15H10Cl2F2N2/c16-5-4-14-20-15-12(17)2-1-3-13(15)21(14)11-7-9(18)6-10(19)8-11/h1-3,6-8H,4-5H2. The SMILES string of the molecule is Fc1cc(F)cc(-n2c(CCCl)nc3c(Cl)cccc32)c1. The number of hydrogen-bond acceptors (Lipinski definition) is 1. The lowest BCUT2D eigenvalue weighted by Gasteiger charge is -2.09. The molecule has 0 fully saturated rings. The van der Waals surface area contributed by atoms with Crippen LogP contribution in [0.4, 0.5) is 8.78 Å². The van der Waals surface area contributed by atoms with Gasteiger partial charge in [0.2, 0.25) is 0 Å². The zero-order valence-electron chi connectivity index (χ0n) is 10.8. The van der Waals surface area contributed by atoms with Crippen molar-refractivity contribution >= 4 is 34.2 Å². The Morgan fingerprint density at radius 2 is 1.81 bits per heavy atom. The van der Waals surface area contributed by atoms with Crippen LogP contribution in [0.15, 0.2) is 36.4 Å². The molecular weight excluding hydrogens is 317 g/mol. The second-order valence-electron chi connectivity index (χ2n) is 4.54. The van der Waals surface area contributed by atoms with E-state index in [0.717, 1.165) is 6.07 Å². The molecule has 0 radical (unpaired) electrons. The summed E-state index contributed by atoms with van der Waals surface area (Å²) in [5, 5.41) is 0.485. The largest absolute Gasteiger partial charge is 0.296 e. The lowest BCUT2D eigenvalue weighted by atomic mass is 10.2. The first kappa shape index (κ1) is 14.3. The van der Waals surface area contributed by atoms with Gasteiger partial charge in [-0.1, -0.05) is 17.7 Å². The van der Waals surface area contributed by atoms with Crippen molar-refractivity contribution in [1.82, 2.24) is 9.55 Å². The molecule has 2 aromatic carbocycles. The molecule has 0 unspecified atom stereocenters. The summed E-state index contributed by atoms with van der Waals surface area (Å²) < 4.78 is 28.7. The summed E-state index contributed by atoms with van der Waals surface area (Å²) in [7, 11) is 0. The molecule has 0 saturated heterocycles. The summed E-state index contributed by atoms with van der Waals surface area (Å²) in [5.74, 6) is -0.340. The average molecular weight is 327 g/mol. The third kappa shape index (κ3) is 2.61. The molecule has 0 saturated carbocycles. The summed E-state index contributed by atoms with van der Waals surface area (Å²) in [6, 6.07) is 8.62. The molecule has 6 heteroatoms. The van der Waals surface area contributed by atoms with Gasteiger partial charge in [-0.3, -0.25) is 4.57 Å². The molecule has 0 aliphatic rings. The van der Waals surface area contributed by atoms with E-state index in [1.165, 1.54) is 12.1 Å². The highest BCUT2D eigenvalue weighted by molar-refractivity contribution is 6.35. The summed E-state index contributed by atoms with van der Waals surface area (Å²) in [5.41, 5.74) is 1.63. The van der Waals surface area contributed by atoms with E-state index in [9.17, 15) is 8.78 Å². The Balaban J connectivity index is 2.33. The first-order valence-electron chi connectivity index (χ1n) is 6.28. The maximum absolute atomic E-state index is 13.5. The number of halogens is 4. The van der Waals surface area contributed by atoms with Crippen molar-refractivity contribution in [3.8, 4) is 5.69 Å². The van der Waals surface area contributed by atoms with E-state index in [1.54, 1.807) is 22.8 Å². The molecule has 0 N–H and O–H groups in total. The average Bonchev–Trinajstić information content (AvgIpc) is 2.78. The lowest BCUT2D eigenvalue weighted by Crippen LogP contribution is -2.03. The Bertz CT molecular complexity index is 795. The zero-order chi connectivity index (χ0) is 15.0. The maximum Gasteiger partial charge on any atom is 0.128 e. The number of benzene rings is 2. The molecule has 21 heavy (non-hydrogen) atoms. The minimum absolute atomic E-state index is 0.346. The Morgan fingerprint density at radius 1 is 1.10 bits per heavy atom. The normalized spacial score (nSPS) is 11.2. The number of imidazole rings is 1. The number of aryl methyl sites for hydroxylation is 1. The molecule has 1 aromatic heterocycles. The Hall–Kier alpha value is -1.65. The molecule has 0 amide bonds. The van der Waals surface area contributed by atoms with Crippen LogP contribution < -0.4 is 0 Å². The minimum atomic E-state index is -0.647. The van der Waals surface area contributed by atoms with E-state index in [0.29, 0.717) is 39.9 Å². The Morgan fingerprint density at radius 3 is 2.48 bits per heavy atom. The van der Waals surface area contributed by atoms with Crippen LogP contribution in [-0.4, -0.2) is 15.4 Å². The third-order valence-corrected chi connectivity index (χ3v) is 3.62. The van der Waals surface area contributed by atoms with Crippen molar-refractivity contribution in [2.75, 3.05) is 5.88 Å². The van der Waals surface area contributed by atoms with Crippen LogP contribution in [0.5, 0.6) is 0 Å². The fraction of sp³-hybridized carbons (Fsp3) is 0.133. The van der Waals surface area contributed by atoms with Gasteiger partial charge in [-0.2, -0.15) is 0 Å². The van der Waals surface area contributed by atoms with Gasteiger partial charge in [0.05, 0.1) is 16.2 Å². The van der Waals surface area contributed by atoms with Gasteiger partial charge in [-0.25, -0.2) is 13.8 Å². The quantitative estimate of drug-likeness (QED) is 0.636. The monoisotopic (exact) mass is 326 g/mol. The van der Waals surface area contributed by atoms with Crippen LogP contribution in [0.1, 0.15) is 5.82 Å². The molecule has 0 aliphatic carbocycles. The van der Waals surface area contributed by atoms with E-state index in [4.69, 9.17) is 23.2 Å². The van der Waals surface area contributed by atoms with E-state index >= 15 is 0 Å². The van der Waals surface area contributed by atoms with Gasteiger partial charge >= 0.3 is 0 Å². The number of para-hydroxylation sites is 1. The topological polar surface area (TPSA) is 17.8 Å². The molecule has 0 spiro atoms. The van der Waals surface area contributed by atoms with Crippen LogP contribution in [0.3, 0.4) is 0 Å². The van der Waals surface area contributed by atoms with Crippen molar-refractivity contribution in [3.63, 3.8) is 0 Å². The molecule has 2 nitrogen and oxygen atoms in total. The smallest absolute Gasteiger partial charge is 0.128 e. The molecule has 1 heterocycles. The van der Waals surface area contributed by atoms with Gasteiger partial charge in [-0.05, 0) is 24.3 Å². The molecule has 0 atom stereocenters. The molecule has 3 rings (SSSR count). The summed E-state index contributed by atoms with van der Waals surface area (Å²) >= 11 is 11.9. The van der Waals surface area contributed by atoms with E-state index < -0.39 is 11.6 Å². The van der Waals surface area contributed by atoms with Crippen molar-refractivity contribution in [2.45, 2.75) is 6.42 Å². The van der Waals surface area contributed by atoms with Crippen molar-refractivity contribution in [2.24, 2.45) is 0 Å². The number of aromatic nitrogens is 2. The highest BCUT2D eigenvalue weighted by Gasteiger charge is 2.15. The maximum atomic E-state index is 13.5. The van der Waals surface area contributed by atoms with E-state index in [2.05, 4.69) is 4.98 Å². The van der Waals surface area contributed by atoms with Crippen molar-refractivity contribution in [1.29, 1.82) is 0 Å². The van der Waals surface area contributed by atoms with Gasteiger partial charge in [0, 0.05) is 18.4 Å². The van der Waals surface area contributed by atoms with Crippen molar-refractivity contribution in [3.05, 3.63) is 58.9 Å². The fourth-order valence-corrected chi connectivity index (χ4v) is 2.70. The van der Waals surface area contributed by atoms with Crippen LogP contribution >= 0.6 is 23.2 Å². The lowest BCUT2D eigenvalue weighted by molar-refractivity contribution is 0.581. The number of rotatable bonds is 3. The number of nitrogens with zero attached hydrogens (tertiary/aromatic N) is 2. The predicted octanol–water partition coefficient (Wildman–Crippen LogP) is 4.74. The van der Waals surface area contributed by atoms with Crippen LogP contribution in [0.2, 0.25) is 5.02 Å². The molecular formula is C15H10Cl2F2N2. The third-order valence-electron chi connectivity index (χ3n) is 3.13. The van der Waals surface area contributed by atoms with E-state index in [-0.39, 0.29) is 0 Å². The van der Waals surface area contributed by atoms with Crippen LogP contribution in [0.25, 0.3) is 16.7 Å². The molecule has 0 aliphatic heterocycles. The highest BCUT2D eigenvalue weighted by Crippen LogP contribution is 2.28. The molecule has 0 bridgehead atoms. The Kier molecular flexibility index (Phi) is 3.83. The van der Waals surface area contributed by atoms with Crippen molar-refractivity contribution < 1.29 is 8.78 Å². The number of fused-ring (bicyclic) bond motifs is 1. The minimum Gasteiger partial charge on any atom is -0.296 e. The summed E-state index contributed by atoms with van der Waals surface area (Å²) in [4.78, 5) is 4.44. The second-order valence-corrected chi connectivity index (χ2v) is 5.32. The first-order valence-corrected chi connectivity index (χ1v) is 7.19. The van der Waals surface area contributed by atoms with Crippen LogP contribution in [-0.2, 0) is 6.42 Å². The number of hydrogen-bond donors (Lipinski definition) is 0. The summed E-state index contributed by atoms with van der Waals surface area (Å²) in [6.45, 7) is 0. The zero-order valence-corrected chi connectivity index (χ0v) is 12.3. The first-order chi connectivity index (χ1) is 10.1. The van der Waals surface area contributed by atoms with Gasteiger partial charge in [0.15, 0.2) is 0 Å². The van der Waals surface area contributed by atoms with Crippen LogP contribution in [0, 0.1) is 11.6 Å². The van der Waals surface area contributed by atoms with Gasteiger partial charge in [-0.15, -0.1) is 11.6 Å². The van der Waals surface area contributed by atoms with Gasteiger partial charge in [0.1, 0.15) is 23.0 Å². The van der Waals surface area contributed by atoms with E-state index in [1.807, 2.05) is 0 Å². The molecule has 108 valence electrons. The highest BCUT2D eigenvalue weighted by atomic mass is 35.5. The van der Waals surface area contributed by atoms with Gasteiger partial charge in [0.25, 0.3) is 0 Å². The predicted molar refractivity (Wildman–Crippen MR) is 80.4 cm³/mol. The van der Waals surface area contributed by atoms with Gasteiger partial charge < -0.3 is 0 Å². The fourth-order valence-electron chi connectivity index (χ4n) is 2.32. The molecule has 3 aromatic rings.